The number of rotatable bonds is 8. The summed E-state index contributed by atoms with van der Waals surface area (Å²) in [4.78, 5) is 37.9. The molecule has 4 aliphatic heterocycles. The fourth-order valence-electron chi connectivity index (χ4n) is 15.5. The number of aliphatic hydroxyl groups is 7. The van der Waals surface area contributed by atoms with Gasteiger partial charge in [-0.2, -0.15) is 0 Å². The van der Waals surface area contributed by atoms with E-state index in [4.69, 9.17) is 33.2 Å². The number of aliphatic hydroxyl groups excluding tert-OH is 7. The number of ether oxygens (including phenoxy) is 7. The zero-order valence-electron chi connectivity index (χ0n) is 39.6. The molecular weight excluding hydrogens is 881 g/mol. The van der Waals surface area contributed by atoms with Crippen LogP contribution in [0.5, 0.6) is 0 Å². The second-order valence-corrected chi connectivity index (χ2v) is 23.6. The fourth-order valence-corrected chi connectivity index (χ4v) is 15.5. The number of fused-ring (bicyclic) bond motifs is 10. The number of hydrogen-bond donors (Lipinski definition) is 9. The van der Waals surface area contributed by atoms with Gasteiger partial charge in [0.25, 0.3) is 0 Å². The second-order valence-electron chi connectivity index (χ2n) is 23.6. The van der Waals surface area contributed by atoms with Crippen LogP contribution in [0.3, 0.4) is 0 Å². The quantitative estimate of drug-likeness (QED) is 0.0943. The fraction of sp³-hybridized carbons (Fsp3) is 0.896. The molecule has 9 N–H and O–H groups in total. The molecule has 2 bridgehead atoms. The van der Waals surface area contributed by atoms with Crippen LogP contribution < -0.4 is 0 Å². The predicted octanol–water partition coefficient (Wildman–Crippen LogP) is 1.37. The number of carbonyl (C=O) groups excluding carboxylic acids is 1. The summed E-state index contributed by atoms with van der Waals surface area (Å²) in [5.41, 5.74) is -0.0229. The van der Waals surface area contributed by atoms with Crippen LogP contribution in [0.15, 0.2) is 11.6 Å². The van der Waals surface area contributed by atoms with Gasteiger partial charge >= 0.3 is 17.9 Å². The highest BCUT2D eigenvalue weighted by molar-refractivity contribution is 5.79. The van der Waals surface area contributed by atoms with E-state index in [1.807, 2.05) is 0 Å². The van der Waals surface area contributed by atoms with E-state index in [1.165, 1.54) is 12.5 Å². The van der Waals surface area contributed by atoms with E-state index in [-0.39, 0.29) is 45.6 Å². The average Bonchev–Trinajstić information content (AvgIpc) is 3.52. The third kappa shape index (κ3) is 7.25. The van der Waals surface area contributed by atoms with E-state index in [9.17, 15) is 60.3 Å². The topological polar surface area (TPSA) is 298 Å². The monoisotopic (exact) mass is 952 g/mol. The number of carboxylic acids is 2. The Labute approximate surface area is 390 Å². The number of hydrogen-bond acceptors (Lipinski definition) is 17. The summed E-state index contributed by atoms with van der Waals surface area (Å²) in [6.45, 7) is 17.3. The molecule has 5 aliphatic carbocycles. The maximum Gasteiger partial charge on any atom is 0.335 e. The second kappa shape index (κ2) is 16.6. The predicted molar refractivity (Wildman–Crippen MR) is 228 cm³/mol. The highest BCUT2D eigenvalue weighted by Gasteiger charge is 2.71. The highest BCUT2D eigenvalue weighted by Crippen LogP contribution is 2.76. The van der Waals surface area contributed by atoms with Gasteiger partial charge in [-0.3, -0.25) is 4.79 Å². The molecule has 8 fully saturated rings. The SMILES string of the molecule is C[C@@H]1O[C@@H](O[C@H]2[C@H](O[C@H]3[C@H](O[C@H]4CC[C@]5(C)[C@H]6CC=C7[C@@H]8C[C@]9(C)C[C@@H](OC9=O)[C@]8(C)CC[C@@]7(C)[C@]6(C)CC[C@H]5C4(C)C)O[C@H](C(=O)O)[C@@H](O)[C@@H]3O)O[C@H](C(=O)O)[C@@H](O)[C@@H]2O)[C@H](O)[C@H](O)[C@H]1O. The van der Waals surface area contributed by atoms with Gasteiger partial charge in [0.2, 0.25) is 0 Å². The molecular formula is C48H72O19. The first kappa shape index (κ1) is 49.6. The number of carbonyl (C=O) groups is 3. The Hall–Kier alpha value is -2.37. The Bertz CT molecular complexity index is 2000. The molecule has 4 saturated carbocycles. The van der Waals surface area contributed by atoms with Crippen LogP contribution in [0.4, 0.5) is 0 Å². The van der Waals surface area contributed by atoms with Crippen LogP contribution in [0.1, 0.15) is 113 Å². The summed E-state index contributed by atoms with van der Waals surface area (Å²) in [6.07, 6.45) is -18.9. The van der Waals surface area contributed by atoms with Crippen LogP contribution in [0.2, 0.25) is 0 Å². The summed E-state index contributed by atoms with van der Waals surface area (Å²) in [5.74, 6) is -2.74. The van der Waals surface area contributed by atoms with Crippen LogP contribution in [0.25, 0.3) is 0 Å². The van der Waals surface area contributed by atoms with Crippen molar-refractivity contribution >= 4 is 17.9 Å². The van der Waals surface area contributed by atoms with Gasteiger partial charge in [0, 0.05) is 11.8 Å². The molecule has 378 valence electrons. The Morgan fingerprint density at radius 2 is 1.21 bits per heavy atom. The molecule has 4 saturated heterocycles. The highest BCUT2D eigenvalue weighted by atomic mass is 16.8. The molecule has 0 aromatic carbocycles. The van der Waals surface area contributed by atoms with E-state index >= 15 is 0 Å². The van der Waals surface area contributed by atoms with Crippen molar-refractivity contribution in [1.29, 1.82) is 0 Å². The molecule has 19 heteroatoms. The molecule has 0 aromatic heterocycles. The van der Waals surface area contributed by atoms with E-state index in [0.29, 0.717) is 12.3 Å². The summed E-state index contributed by atoms with van der Waals surface area (Å²) in [6, 6.07) is 0. The maximum absolute atomic E-state index is 13.2. The lowest BCUT2D eigenvalue weighted by Gasteiger charge is -2.71. The molecule has 0 radical (unpaired) electrons. The molecule has 4 heterocycles. The van der Waals surface area contributed by atoms with Gasteiger partial charge in [-0.15, -0.1) is 0 Å². The number of esters is 1. The lowest BCUT2D eigenvalue weighted by Crippen LogP contribution is -2.68. The summed E-state index contributed by atoms with van der Waals surface area (Å²) in [5, 5.41) is 96.4. The van der Waals surface area contributed by atoms with Gasteiger partial charge in [-0.25, -0.2) is 9.59 Å². The standard InChI is InChI=1S/C48H72O19/c1-19-26(49)27(50)32(55)39(61-19)66-36-31(54)29(52)34(38(58)59)65-41(36)67-35-30(53)28(51)33(37(56)57)64-40(35)62-24-12-13-46(6)22(43(24,2)3)11-14-48(8)23(46)10-9-20-21-17-44(4)18-25(63-42(44)60)45(21,5)15-16-47(20,48)7/h9,19,21-36,39-41,49-55H,10-18H2,1-8H3,(H,56,57)(H,58,59)/t19-,21-,22-,23+,24-,25+,26-,27+,28-,29-,30-,31-,32+,33-,34-,35+,36+,39-,40+,41-,44+,45+,46-,47+,48+/m0/s1. The van der Waals surface area contributed by atoms with Gasteiger partial charge in [0.05, 0.1) is 17.6 Å². The summed E-state index contributed by atoms with van der Waals surface area (Å²) in [7, 11) is 0. The summed E-state index contributed by atoms with van der Waals surface area (Å²) >= 11 is 0. The molecule has 67 heavy (non-hydrogen) atoms. The van der Waals surface area contributed by atoms with Crippen molar-refractivity contribution in [2.75, 3.05) is 0 Å². The van der Waals surface area contributed by atoms with Crippen LogP contribution in [-0.4, -0.2) is 168 Å². The smallest absolute Gasteiger partial charge is 0.335 e. The van der Waals surface area contributed by atoms with Gasteiger partial charge in [-0.05, 0) is 105 Å². The Kier molecular flexibility index (Phi) is 12.3. The molecule has 0 spiro atoms. The third-order valence-electron chi connectivity index (χ3n) is 19.8. The molecule has 0 amide bonds. The number of aliphatic carboxylic acids is 2. The molecule has 25 atom stereocenters. The zero-order valence-corrected chi connectivity index (χ0v) is 39.6. The first-order valence-corrected chi connectivity index (χ1v) is 24.2. The van der Waals surface area contributed by atoms with Gasteiger partial charge in [-0.1, -0.05) is 53.2 Å². The minimum atomic E-state index is -2.13. The third-order valence-corrected chi connectivity index (χ3v) is 19.8. The first-order chi connectivity index (χ1) is 31.1. The number of carboxylic acid groups (broad SMARTS) is 2. The number of allylic oxidation sites excluding steroid dienone is 2. The normalized spacial score (nSPS) is 55.7. The van der Waals surface area contributed by atoms with E-state index in [0.717, 1.165) is 51.4 Å². The van der Waals surface area contributed by atoms with Crippen molar-refractivity contribution in [3.8, 4) is 0 Å². The van der Waals surface area contributed by atoms with Crippen molar-refractivity contribution in [3.05, 3.63) is 11.6 Å². The summed E-state index contributed by atoms with van der Waals surface area (Å²) < 4.78 is 41.9. The Balaban J connectivity index is 0.985. The average molecular weight is 953 g/mol. The molecule has 9 rings (SSSR count). The largest absolute Gasteiger partial charge is 0.479 e. The van der Waals surface area contributed by atoms with E-state index in [2.05, 4.69) is 54.5 Å². The lowest BCUT2D eigenvalue weighted by atomic mass is 9.33. The van der Waals surface area contributed by atoms with Crippen molar-refractivity contribution in [2.45, 2.75) is 218 Å². The lowest BCUT2D eigenvalue weighted by molar-refractivity contribution is -0.392. The van der Waals surface area contributed by atoms with Crippen LogP contribution >= 0.6 is 0 Å². The van der Waals surface area contributed by atoms with Crippen molar-refractivity contribution in [2.24, 2.45) is 50.2 Å². The van der Waals surface area contributed by atoms with E-state index in [1.54, 1.807) is 0 Å². The minimum Gasteiger partial charge on any atom is -0.479 e. The van der Waals surface area contributed by atoms with Crippen LogP contribution in [0, 0.1) is 50.2 Å². The van der Waals surface area contributed by atoms with Crippen LogP contribution in [-0.2, 0) is 47.5 Å². The van der Waals surface area contributed by atoms with Crippen molar-refractivity contribution < 1.29 is 93.5 Å². The molecule has 0 unspecified atom stereocenters. The minimum absolute atomic E-state index is 0.0602. The molecule has 19 nitrogen and oxygen atoms in total. The molecule has 9 aliphatic rings. The van der Waals surface area contributed by atoms with Gasteiger partial charge in [0.1, 0.15) is 61.0 Å². The van der Waals surface area contributed by atoms with Crippen molar-refractivity contribution in [1.82, 2.24) is 0 Å². The molecule has 0 aromatic rings. The Morgan fingerprint density at radius 1 is 0.627 bits per heavy atom. The van der Waals surface area contributed by atoms with E-state index < -0.39 is 121 Å². The maximum atomic E-state index is 13.2. The Morgan fingerprint density at radius 3 is 1.81 bits per heavy atom. The van der Waals surface area contributed by atoms with Gasteiger partial charge < -0.3 is 79.1 Å². The van der Waals surface area contributed by atoms with Gasteiger partial charge in [0.15, 0.2) is 31.1 Å². The zero-order chi connectivity index (χ0) is 48.9. The van der Waals surface area contributed by atoms with Crippen molar-refractivity contribution in [3.63, 3.8) is 0 Å². The first-order valence-electron chi connectivity index (χ1n) is 24.2.